The van der Waals surface area contributed by atoms with Crippen LogP contribution in [0, 0.1) is 0 Å². The Kier molecular flexibility index (Phi) is 7.09. The number of nitrogens with one attached hydrogen (secondary N) is 1. The summed E-state index contributed by atoms with van der Waals surface area (Å²) >= 11 is 3.38. The first-order chi connectivity index (χ1) is 14.9. The highest BCUT2D eigenvalue weighted by Gasteiger charge is 2.14. The molecule has 1 heterocycles. The van der Waals surface area contributed by atoms with Crippen LogP contribution in [0.2, 0.25) is 0 Å². The van der Waals surface area contributed by atoms with Gasteiger partial charge in [-0.15, -0.1) is 6.58 Å². The standard InChI is InChI=1S/C22H19BrN2O6/c1-3-4-14-7-13(8-18(29-2)21(14)30-12-20(26)27)11-24-25-22(28)19-10-15-9-16(23)5-6-17(15)31-19/h3,5-11H,1,4,12H2,2H3,(H,25,28)(H,26,27)/b24-11+. The summed E-state index contributed by atoms with van der Waals surface area (Å²) in [6, 6.07) is 10.4. The van der Waals surface area contributed by atoms with Crippen molar-refractivity contribution in [2.45, 2.75) is 6.42 Å². The maximum Gasteiger partial charge on any atom is 0.341 e. The summed E-state index contributed by atoms with van der Waals surface area (Å²) < 4.78 is 17.1. The molecule has 3 rings (SSSR count). The Morgan fingerprint density at radius 3 is 2.81 bits per heavy atom. The highest BCUT2D eigenvalue weighted by Crippen LogP contribution is 2.33. The lowest BCUT2D eigenvalue weighted by atomic mass is 10.1. The molecule has 1 amide bonds. The summed E-state index contributed by atoms with van der Waals surface area (Å²) in [6.45, 7) is 3.20. The van der Waals surface area contributed by atoms with Crippen LogP contribution in [0.1, 0.15) is 21.7 Å². The average molecular weight is 487 g/mol. The molecule has 0 fully saturated rings. The van der Waals surface area contributed by atoms with E-state index < -0.39 is 18.5 Å². The molecule has 1 aromatic heterocycles. The molecule has 8 nitrogen and oxygen atoms in total. The van der Waals surface area contributed by atoms with Crippen LogP contribution < -0.4 is 14.9 Å². The second-order valence-corrected chi connectivity index (χ2v) is 7.29. The van der Waals surface area contributed by atoms with Gasteiger partial charge in [0.15, 0.2) is 23.9 Å². The molecule has 0 spiro atoms. The number of hydrazone groups is 1. The Balaban J connectivity index is 1.78. The fraction of sp³-hybridized carbons (Fsp3) is 0.136. The van der Waals surface area contributed by atoms with Crippen LogP contribution >= 0.6 is 15.9 Å². The van der Waals surface area contributed by atoms with Crippen LogP contribution in [0.5, 0.6) is 11.5 Å². The van der Waals surface area contributed by atoms with Crippen LogP contribution in [0.4, 0.5) is 0 Å². The fourth-order valence-electron chi connectivity index (χ4n) is 2.86. The third kappa shape index (κ3) is 5.52. The number of nitrogens with zero attached hydrogens (tertiary/aromatic N) is 1. The van der Waals surface area contributed by atoms with Gasteiger partial charge in [-0.2, -0.15) is 5.10 Å². The van der Waals surface area contributed by atoms with Crippen molar-refractivity contribution in [2.75, 3.05) is 13.7 Å². The number of hydrogen-bond acceptors (Lipinski definition) is 6. The van der Waals surface area contributed by atoms with E-state index in [2.05, 4.69) is 33.0 Å². The average Bonchev–Trinajstić information content (AvgIpc) is 3.16. The number of aliphatic carboxylic acids is 1. The zero-order valence-electron chi connectivity index (χ0n) is 16.6. The molecule has 2 N–H and O–H groups in total. The van der Waals surface area contributed by atoms with Crippen molar-refractivity contribution in [3.63, 3.8) is 0 Å². The minimum absolute atomic E-state index is 0.132. The Morgan fingerprint density at radius 2 is 2.10 bits per heavy atom. The van der Waals surface area contributed by atoms with Gasteiger partial charge in [0.25, 0.3) is 0 Å². The van der Waals surface area contributed by atoms with Crippen molar-refractivity contribution in [1.29, 1.82) is 0 Å². The Bertz CT molecular complexity index is 1170. The second-order valence-electron chi connectivity index (χ2n) is 6.38. The summed E-state index contributed by atoms with van der Waals surface area (Å²) in [4.78, 5) is 23.2. The number of carboxylic acid groups (broad SMARTS) is 1. The minimum Gasteiger partial charge on any atom is -0.493 e. The molecule has 0 saturated heterocycles. The number of furan rings is 1. The molecule has 0 atom stereocenters. The van der Waals surface area contributed by atoms with Crippen molar-refractivity contribution >= 4 is 45.0 Å². The van der Waals surface area contributed by atoms with E-state index in [1.54, 1.807) is 30.3 Å². The van der Waals surface area contributed by atoms with Gasteiger partial charge < -0.3 is 19.0 Å². The number of rotatable bonds is 9. The Morgan fingerprint density at radius 1 is 1.29 bits per heavy atom. The zero-order valence-corrected chi connectivity index (χ0v) is 18.1. The monoisotopic (exact) mass is 486 g/mol. The smallest absolute Gasteiger partial charge is 0.341 e. The largest absolute Gasteiger partial charge is 0.493 e. The summed E-state index contributed by atoms with van der Waals surface area (Å²) in [6.07, 6.45) is 3.52. The van der Waals surface area contributed by atoms with Crippen LogP contribution in [0.25, 0.3) is 11.0 Å². The molecule has 0 saturated carbocycles. The number of fused-ring (bicyclic) bond motifs is 1. The van der Waals surface area contributed by atoms with E-state index in [1.807, 2.05) is 12.1 Å². The number of amides is 1. The van der Waals surface area contributed by atoms with E-state index in [-0.39, 0.29) is 5.76 Å². The highest BCUT2D eigenvalue weighted by atomic mass is 79.9. The van der Waals surface area contributed by atoms with Crippen molar-refractivity contribution in [1.82, 2.24) is 5.43 Å². The molecule has 0 unspecified atom stereocenters. The van der Waals surface area contributed by atoms with Gasteiger partial charge in [0, 0.05) is 15.4 Å². The van der Waals surface area contributed by atoms with Crippen molar-refractivity contribution < 1.29 is 28.6 Å². The van der Waals surface area contributed by atoms with E-state index >= 15 is 0 Å². The maximum atomic E-state index is 12.3. The first-order valence-corrected chi connectivity index (χ1v) is 9.89. The summed E-state index contributed by atoms with van der Waals surface area (Å²) in [7, 11) is 1.45. The first-order valence-electron chi connectivity index (χ1n) is 9.10. The number of hydrogen-bond donors (Lipinski definition) is 2. The van der Waals surface area contributed by atoms with Gasteiger partial charge in [0.05, 0.1) is 13.3 Å². The first kappa shape index (κ1) is 22.1. The molecular weight excluding hydrogens is 468 g/mol. The molecule has 2 aromatic carbocycles. The second kappa shape index (κ2) is 9.94. The van der Waals surface area contributed by atoms with Gasteiger partial charge in [-0.3, -0.25) is 4.79 Å². The third-order valence-corrected chi connectivity index (χ3v) is 4.65. The molecule has 0 aliphatic carbocycles. The molecule has 3 aromatic rings. The number of carboxylic acids is 1. The predicted octanol–water partition coefficient (Wildman–Crippen LogP) is 4.16. The fourth-order valence-corrected chi connectivity index (χ4v) is 3.24. The van der Waals surface area contributed by atoms with E-state index in [4.69, 9.17) is 19.0 Å². The number of benzene rings is 2. The maximum absolute atomic E-state index is 12.3. The molecule has 0 bridgehead atoms. The predicted molar refractivity (Wildman–Crippen MR) is 119 cm³/mol. The molecule has 160 valence electrons. The summed E-state index contributed by atoms with van der Waals surface area (Å²) in [5, 5.41) is 13.6. The van der Waals surface area contributed by atoms with E-state index in [1.165, 1.54) is 13.3 Å². The summed E-state index contributed by atoms with van der Waals surface area (Å²) in [5.41, 5.74) is 4.30. The Hall–Kier alpha value is -3.59. The SMILES string of the molecule is C=CCc1cc(/C=N/NC(=O)c2cc3cc(Br)ccc3o2)cc(OC)c1OCC(=O)O. The van der Waals surface area contributed by atoms with Crippen LogP contribution in [-0.4, -0.2) is 36.9 Å². The number of methoxy groups -OCH3 is 1. The van der Waals surface area contributed by atoms with E-state index in [0.29, 0.717) is 34.6 Å². The van der Waals surface area contributed by atoms with Crippen molar-refractivity contribution in [3.05, 3.63) is 70.4 Å². The van der Waals surface area contributed by atoms with Crippen molar-refractivity contribution in [2.24, 2.45) is 5.10 Å². The van der Waals surface area contributed by atoms with Gasteiger partial charge in [0.1, 0.15) is 5.58 Å². The van der Waals surface area contributed by atoms with Gasteiger partial charge in [0.2, 0.25) is 0 Å². The quantitative estimate of drug-likeness (QED) is 0.267. The minimum atomic E-state index is -1.10. The van der Waals surface area contributed by atoms with Crippen LogP contribution in [-0.2, 0) is 11.2 Å². The lowest BCUT2D eigenvalue weighted by molar-refractivity contribution is -0.139. The van der Waals surface area contributed by atoms with E-state index in [0.717, 1.165) is 9.86 Å². The third-order valence-electron chi connectivity index (χ3n) is 4.16. The van der Waals surface area contributed by atoms with Crippen LogP contribution in [0.15, 0.2) is 63.0 Å². The van der Waals surface area contributed by atoms with Gasteiger partial charge in [-0.05, 0) is 48.4 Å². The molecule has 31 heavy (non-hydrogen) atoms. The Labute approximate surface area is 186 Å². The number of halogens is 1. The van der Waals surface area contributed by atoms with E-state index in [9.17, 15) is 9.59 Å². The zero-order chi connectivity index (χ0) is 22.4. The number of allylic oxidation sites excluding steroid dienone is 1. The number of ether oxygens (including phenoxy) is 2. The van der Waals surface area contributed by atoms with Gasteiger partial charge in [-0.25, -0.2) is 10.2 Å². The topological polar surface area (TPSA) is 110 Å². The van der Waals surface area contributed by atoms with Crippen molar-refractivity contribution in [3.8, 4) is 11.5 Å². The highest BCUT2D eigenvalue weighted by molar-refractivity contribution is 9.10. The van der Waals surface area contributed by atoms with Gasteiger partial charge >= 0.3 is 11.9 Å². The van der Waals surface area contributed by atoms with Gasteiger partial charge in [-0.1, -0.05) is 22.0 Å². The van der Waals surface area contributed by atoms with Crippen LogP contribution in [0.3, 0.4) is 0 Å². The number of carbonyl (C=O) groups excluding carboxylic acids is 1. The lowest BCUT2D eigenvalue weighted by Gasteiger charge is -2.14. The molecule has 0 aliphatic heterocycles. The number of carbonyl (C=O) groups is 2. The molecular formula is C22H19BrN2O6. The molecule has 9 heteroatoms. The molecule has 0 aliphatic rings. The summed E-state index contributed by atoms with van der Waals surface area (Å²) in [5.74, 6) is -0.801. The lowest BCUT2D eigenvalue weighted by Crippen LogP contribution is -2.16. The normalized spacial score (nSPS) is 10.9. The molecule has 0 radical (unpaired) electrons.